The molecule has 6 nitrogen and oxygen atoms in total. The number of rotatable bonds is 5. The number of methoxy groups -OCH3 is 3. The smallest absolute Gasteiger partial charge is 0.203 e. The molecular weight excluding hydrogens is 350 g/mol. The summed E-state index contributed by atoms with van der Waals surface area (Å²) in [6, 6.07) is 8.17. The van der Waals surface area contributed by atoms with Crippen molar-refractivity contribution >= 4 is 17.3 Å². The van der Waals surface area contributed by atoms with Crippen molar-refractivity contribution in [3.8, 4) is 17.2 Å². The summed E-state index contributed by atoms with van der Waals surface area (Å²) in [6.07, 6.45) is 2.11. The van der Waals surface area contributed by atoms with Gasteiger partial charge in [-0.05, 0) is 49.0 Å². The van der Waals surface area contributed by atoms with E-state index in [1.54, 1.807) is 21.3 Å². The Morgan fingerprint density at radius 3 is 2.42 bits per heavy atom. The van der Waals surface area contributed by atoms with Gasteiger partial charge in [0, 0.05) is 31.5 Å². The van der Waals surface area contributed by atoms with E-state index in [4.69, 9.17) is 26.4 Å². The van der Waals surface area contributed by atoms with Gasteiger partial charge in [-0.25, -0.2) is 0 Å². The molecule has 0 amide bonds. The standard InChI is InChI=1S/C19H25N3O3S/c1-5-20-19(26)22-10-9-21-8-6-7-14(21)17(22)13-11-15(23-2)18(25-4)16(12-13)24-3/h6-8,11-12,17H,5,9-10H2,1-4H3,(H,20,26)/t17-/m1/s1. The lowest BCUT2D eigenvalue weighted by Crippen LogP contribution is -2.47. The molecule has 0 aliphatic carbocycles. The van der Waals surface area contributed by atoms with E-state index in [0.717, 1.165) is 30.3 Å². The molecule has 140 valence electrons. The van der Waals surface area contributed by atoms with Crippen molar-refractivity contribution in [2.24, 2.45) is 0 Å². The first-order chi connectivity index (χ1) is 12.6. The van der Waals surface area contributed by atoms with E-state index in [1.165, 1.54) is 5.69 Å². The van der Waals surface area contributed by atoms with Gasteiger partial charge in [-0.2, -0.15) is 0 Å². The lowest BCUT2D eigenvalue weighted by atomic mass is 9.99. The SMILES string of the molecule is CCNC(=S)N1CCn2cccc2[C@H]1c1cc(OC)c(OC)c(OC)c1. The molecule has 0 saturated heterocycles. The molecule has 26 heavy (non-hydrogen) atoms. The highest BCUT2D eigenvalue weighted by Crippen LogP contribution is 2.43. The van der Waals surface area contributed by atoms with Crippen molar-refractivity contribution in [1.82, 2.24) is 14.8 Å². The number of hydrogen-bond donors (Lipinski definition) is 1. The van der Waals surface area contributed by atoms with Crippen LogP contribution in [-0.4, -0.2) is 49.0 Å². The molecule has 3 rings (SSSR count). The number of benzene rings is 1. The van der Waals surface area contributed by atoms with Gasteiger partial charge in [0.15, 0.2) is 16.6 Å². The summed E-state index contributed by atoms with van der Waals surface area (Å²) >= 11 is 5.64. The van der Waals surface area contributed by atoms with Crippen LogP contribution in [0.5, 0.6) is 17.2 Å². The van der Waals surface area contributed by atoms with Crippen molar-refractivity contribution < 1.29 is 14.2 Å². The van der Waals surface area contributed by atoms with Crippen molar-refractivity contribution in [3.63, 3.8) is 0 Å². The van der Waals surface area contributed by atoms with Crippen LogP contribution in [0.25, 0.3) is 0 Å². The van der Waals surface area contributed by atoms with E-state index in [1.807, 2.05) is 19.1 Å². The molecule has 1 aliphatic rings. The molecule has 0 spiro atoms. The lowest BCUT2D eigenvalue weighted by Gasteiger charge is -2.39. The Balaban J connectivity index is 2.13. The highest BCUT2D eigenvalue weighted by atomic mass is 32.1. The summed E-state index contributed by atoms with van der Waals surface area (Å²) in [5, 5.41) is 4.03. The van der Waals surface area contributed by atoms with Gasteiger partial charge in [0.2, 0.25) is 5.75 Å². The first-order valence-corrected chi connectivity index (χ1v) is 9.04. The third kappa shape index (κ3) is 3.19. The summed E-state index contributed by atoms with van der Waals surface area (Å²) in [7, 11) is 4.87. The van der Waals surface area contributed by atoms with E-state index in [0.29, 0.717) is 17.2 Å². The molecule has 1 N–H and O–H groups in total. The number of hydrogen-bond acceptors (Lipinski definition) is 4. The average Bonchev–Trinajstić information content (AvgIpc) is 3.14. The first kappa shape index (κ1) is 18.4. The number of ether oxygens (including phenoxy) is 3. The van der Waals surface area contributed by atoms with Gasteiger partial charge >= 0.3 is 0 Å². The minimum Gasteiger partial charge on any atom is -0.493 e. The molecule has 0 bridgehead atoms. The summed E-state index contributed by atoms with van der Waals surface area (Å²) in [5.74, 6) is 1.87. The van der Waals surface area contributed by atoms with Crippen molar-refractivity contribution in [2.75, 3.05) is 34.4 Å². The fourth-order valence-electron chi connectivity index (χ4n) is 3.46. The van der Waals surface area contributed by atoms with Gasteiger partial charge < -0.3 is 29.0 Å². The molecule has 1 aromatic heterocycles. The maximum atomic E-state index is 5.64. The van der Waals surface area contributed by atoms with Gasteiger partial charge in [0.25, 0.3) is 0 Å². The van der Waals surface area contributed by atoms with Gasteiger partial charge in [-0.1, -0.05) is 0 Å². The second-order valence-electron chi connectivity index (χ2n) is 6.02. The van der Waals surface area contributed by atoms with E-state index in [2.05, 4.69) is 33.1 Å². The Kier molecular flexibility index (Phi) is 5.56. The van der Waals surface area contributed by atoms with Gasteiger partial charge in [0.05, 0.1) is 27.4 Å². The van der Waals surface area contributed by atoms with E-state index in [9.17, 15) is 0 Å². The minimum atomic E-state index is -0.0287. The maximum Gasteiger partial charge on any atom is 0.203 e. The molecule has 7 heteroatoms. The molecular formula is C19H25N3O3S. The number of thiocarbonyl (C=S) groups is 1. The van der Waals surface area contributed by atoms with Crippen LogP contribution in [0.1, 0.15) is 24.2 Å². The molecule has 2 heterocycles. The molecule has 0 saturated carbocycles. The zero-order valence-electron chi connectivity index (χ0n) is 15.6. The van der Waals surface area contributed by atoms with Crippen LogP contribution >= 0.6 is 12.2 Å². The van der Waals surface area contributed by atoms with Gasteiger partial charge in [-0.3, -0.25) is 0 Å². The Bertz CT molecular complexity index is 765. The molecule has 0 fully saturated rings. The Morgan fingerprint density at radius 2 is 1.85 bits per heavy atom. The largest absolute Gasteiger partial charge is 0.493 e. The van der Waals surface area contributed by atoms with Gasteiger partial charge in [-0.15, -0.1) is 0 Å². The van der Waals surface area contributed by atoms with Crippen molar-refractivity contribution in [2.45, 2.75) is 19.5 Å². The number of aromatic nitrogens is 1. The van der Waals surface area contributed by atoms with Crippen LogP contribution in [0.2, 0.25) is 0 Å². The normalized spacial score (nSPS) is 16.0. The summed E-state index contributed by atoms with van der Waals surface area (Å²) < 4.78 is 18.8. The highest BCUT2D eigenvalue weighted by molar-refractivity contribution is 7.80. The lowest BCUT2D eigenvalue weighted by molar-refractivity contribution is 0.282. The monoisotopic (exact) mass is 375 g/mol. The van der Waals surface area contributed by atoms with E-state index < -0.39 is 0 Å². The van der Waals surface area contributed by atoms with Crippen LogP contribution in [0.4, 0.5) is 0 Å². The summed E-state index contributed by atoms with van der Waals surface area (Å²) in [6.45, 7) is 4.56. The summed E-state index contributed by atoms with van der Waals surface area (Å²) in [5.41, 5.74) is 2.23. The van der Waals surface area contributed by atoms with Crippen molar-refractivity contribution in [3.05, 3.63) is 41.7 Å². The average molecular weight is 375 g/mol. The Morgan fingerprint density at radius 1 is 1.15 bits per heavy atom. The second kappa shape index (κ2) is 7.86. The predicted molar refractivity (Wildman–Crippen MR) is 105 cm³/mol. The van der Waals surface area contributed by atoms with Crippen LogP contribution in [0, 0.1) is 0 Å². The quantitative estimate of drug-likeness (QED) is 0.811. The fraction of sp³-hybridized carbons (Fsp3) is 0.421. The number of nitrogens with zero attached hydrogens (tertiary/aromatic N) is 2. The molecule has 1 aliphatic heterocycles. The van der Waals surface area contributed by atoms with E-state index in [-0.39, 0.29) is 6.04 Å². The highest BCUT2D eigenvalue weighted by Gasteiger charge is 2.32. The van der Waals surface area contributed by atoms with Gasteiger partial charge in [0.1, 0.15) is 0 Å². The van der Waals surface area contributed by atoms with E-state index >= 15 is 0 Å². The third-order valence-corrected chi connectivity index (χ3v) is 5.01. The van der Waals surface area contributed by atoms with Crippen LogP contribution in [0.15, 0.2) is 30.5 Å². The topological polar surface area (TPSA) is 47.9 Å². The Labute approximate surface area is 159 Å². The number of nitrogens with one attached hydrogen (secondary N) is 1. The molecule has 1 atom stereocenters. The maximum absolute atomic E-state index is 5.64. The molecule has 1 aromatic carbocycles. The predicted octanol–water partition coefficient (Wildman–Crippen LogP) is 2.81. The Hall–Kier alpha value is -2.41. The van der Waals surface area contributed by atoms with Crippen LogP contribution in [-0.2, 0) is 6.54 Å². The molecule has 0 unspecified atom stereocenters. The minimum absolute atomic E-state index is 0.0287. The molecule has 2 aromatic rings. The fourth-order valence-corrected chi connectivity index (χ4v) is 3.81. The summed E-state index contributed by atoms with van der Waals surface area (Å²) in [4.78, 5) is 2.22. The number of fused-ring (bicyclic) bond motifs is 1. The van der Waals surface area contributed by atoms with Crippen molar-refractivity contribution in [1.29, 1.82) is 0 Å². The first-order valence-electron chi connectivity index (χ1n) is 8.64. The van der Waals surface area contributed by atoms with Crippen LogP contribution < -0.4 is 19.5 Å². The second-order valence-corrected chi connectivity index (χ2v) is 6.40. The zero-order chi connectivity index (χ0) is 18.7. The molecule has 0 radical (unpaired) electrons. The third-order valence-electron chi connectivity index (χ3n) is 4.63. The zero-order valence-corrected chi connectivity index (χ0v) is 16.4. The van der Waals surface area contributed by atoms with Crippen LogP contribution in [0.3, 0.4) is 0 Å².